The highest BCUT2D eigenvalue weighted by Gasteiger charge is 2.19. The Bertz CT molecular complexity index is 349. The van der Waals surface area contributed by atoms with Crippen molar-refractivity contribution in [2.24, 2.45) is 11.5 Å². The van der Waals surface area contributed by atoms with Crippen molar-refractivity contribution in [3.63, 3.8) is 0 Å². The van der Waals surface area contributed by atoms with Gasteiger partial charge in [-0.1, -0.05) is 22.0 Å². The standard InChI is InChI=1S/C11H15BrN2/c12-10-5-4-9(11(14)6-13)7-2-1-3-8(7)10/h4-5,11H,1-3,6,13-14H2/t11-/m1/s1. The lowest BCUT2D eigenvalue weighted by atomic mass is 9.98. The first-order valence-electron chi connectivity index (χ1n) is 5.00. The van der Waals surface area contributed by atoms with Gasteiger partial charge in [0, 0.05) is 17.1 Å². The van der Waals surface area contributed by atoms with Crippen LogP contribution in [-0.2, 0) is 12.8 Å². The van der Waals surface area contributed by atoms with E-state index in [9.17, 15) is 0 Å². The molecule has 0 saturated heterocycles. The average Bonchev–Trinajstić information content (AvgIpc) is 2.67. The fourth-order valence-electron chi connectivity index (χ4n) is 2.16. The highest BCUT2D eigenvalue weighted by molar-refractivity contribution is 9.10. The van der Waals surface area contributed by atoms with Gasteiger partial charge < -0.3 is 11.5 Å². The van der Waals surface area contributed by atoms with Gasteiger partial charge in [0.15, 0.2) is 0 Å². The lowest BCUT2D eigenvalue weighted by molar-refractivity contribution is 0.726. The summed E-state index contributed by atoms with van der Waals surface area (Å²) in [6.45, 7) is 0.522. The highest BCUT2D eigenvalue weighted by atomic mass is 79.9. The molecule has 0 amide bonds. The molecule has 1 aliphatic carbocycles. The molecule has 0 radical (unpaired) electrons. The molecule has 0 saturated carbocycles. The minimum absolute atomic E-state index is 0.00468. The largest absolute Gasteiger partial charge is 0.329 e. The third kappa shape index (κ3) is 1.60. The van der Waals surface area contributed by atoms with Gasteiger partial charge in [0.1, 0.15) is 0 Å². The summed E-state index contributed by atoms with van der Waals surface area (Å²) in [7, 11) is 0. The van der Waals surface area contributed by atoms with Crippen LogP contribution in [0.25, 0.3) is 0 Å². The van der Waals surface area contributed by atoms with Gasteiger partial charge in [0.25, 0.3) is 0 Å². The fraction of sp³-hybridized carbons (Fsp3) is 0.455. The van der Waals surface area contributed by atoms with Crippen molar-refractivity contribution in [1.29, 1.82) is 0 Å². The van der Waals surface area contributed by atoms with Gasteiger partial charge in [0.05, 0.1) is 0 Å². The Morgan fingerprint density at radius 1 is 1.29 bits per heavy atom. The van der Waals surface area contributed by atoms with Gasteiger partial charge in [-0.15, -0.1) is 0 Å². The zero-order valence-corrected chi connectivity index (χ0v) is 9.68. The Morgan fingerprint density at radius 2 is 2.00 bits per heavy atom. The Balaban J connectivity index is 2.48. The van der Waals surface area contributed by atoms with Gasteiger partial charge in [-0.2, -0.15) is 0 Å². The van der Waals surface area contributed by atoms with Gasteiger partial charge in [-0.25, -0.2) is 0 Å². The number of benzene rings is 1. The molecule has 1 aromatic carbocycles. The second-order valence-corrected chi connectivity index (χ2v) is 4.64. The minimum Gasteiger partial charge on any atom is -0.329 e. The van der Waals surface area contributed by atoms with E-state index in [4.69, 9.17) is 11.5 Å². The maximum Gasteiger partial charge on any atom is 0.0422 e. The fourth-order valence-corrected chi connectivity index (χ4v) is 2.73. The second-order valence-electron chi connectivity index (χ2n) is 3.79. The van der Waals surface area contributed by atoms with Crippen LogP contribution in [0.4, 0.5) is 0 Å². The zero-order valence-electron chi connectivity index (χ0n) is 8.09. The second kappa shape index (κ2) is 4.01. The molecule has 0 aliphatic heterocycles. The topological polar surface area (TPSA) is 52.0 Å². The number of rotatable bonds is 2. The maximum atomic E-state index is 5.98. The van der Waals surface area contributed by atoms with E-state index in [1.54, 1.807) is 0 Å². The Kier molecular flexibility index (Phi) is 2.91. The quantitative estimate of drug-likeness (QED) is 0.847. The van der Waals surface area contributed by atoms with Crippen LogP contribution in [0, 0.1) is 0 Å². The van der Waals surface area contributed by atoms with Crippen molar-refractivity contribution in [3.05, 3.63) is 33.3 Å². The molecule has 1 atom stereocenters. The smallest absolute Gasteiger partial charge is 0.0422 e. The monoisotopic (exact) mass is 254 g/mol. The van der Waals surface area contributed by atoms with E-state index in [2.05, 4.69) is 28.1 Å². The molecule has 0 heterocycles. The van der Waals surface area contributed by atoms with Gasteiger partial charge in [-0.05, 0) is 42.0 Å². The van der Waals surface area contributed by atoms with Gasteiger partial charge in [0.2, 0.25) is 0 Å². The minimum atomic E-state index is -0.00468. The maximum absolute atomic E-state index is 5.98. The molecular weight excluding hydrogens is 240 g/mol. The van der Waals surface area contributed by atoms with Crippen LogP contribution in [0.5, 0.6) is 0 Å². The summed E-state index contributed by atoms with van der Waals surface area (Å²) in [6.07, 6.45) is 3.56. The predicted octanol–water partition coefficient (Wildman–Crippen LogP) is 1.90. The summed E-state index contributed by atoms with van der Waals surface area (Å²) in [5, 5.41) is 0. The van der Waals surface area contributed by atoms with Crippen molar-refractivity contribution in [2.75, 3.05) is 6.54 Å². The first-order chi connectivity index (χ1) is 6.74. The molecule has 0 fully saturated rings. The number of fused-ring (bicyclic) bond motifs is 1. The van der Waals surface area contributed by atoms with E-state index >= 15 is 0 Å². The third-order valence-electron chi connectivity index (χ3n) is 2.92. The normalized spacial score (nSPS) is 16.8. The Morgan fingerprint density at radius 3 is 2.71 bits per heavy atom. The van der Waals surface area contributed by atoms with Gasteiger partial charge in [-0.3, -0.25) is 0 Å². The molecule has 2 rings (SSSR count). The van der Waals surface area contributed by atoms with Gasteiger partial charge >= 0.3 is 0 Å². The highest BCUT2D eigenvalue weighted by Crippen LogP contribution is 2.33. The predicted molar refractivity (Wildman–Crippen MR) is 62.1 cm³/mol. The van der Waals surface area contributed by atoms with Crippen LogP contribution >= 0.6 is 15.9 Å². The molecule has 76 valence electrons. The van der Waals surface area contributed by atoms with Crippen molar-refractivity contribution < 1.29 is 0 Å². The SMILES string of the molecule is NC[C@@H](N)c1ccc(Br)c2c1CCC2. The van der Waals surface area contributed by atoms with Crippen molar-refractivity contribution in [3.8, 4) is 0 Å². The third-order valence-corrected chi connectivity index (χ3v) is 3.66. The molecular formula is C11H15BrN2. The summed E-state index contributed by atoms with van der Waals surface area (Å²) >= 11 is 3.58. The molecule has 0 unspecified atom stereocenters. The lowest BCUT2D eigenvalue weighted by Crippen LogP contribution is -2.22. The molecule has 14 heavy (non-hydrogen) atoms. The molecule has 0 aromatic heterocycles. The van der Waals surface area contributed by atoms with E-state index in [1.807, 2.05) is 0 Å². The summed E-state index contributed by atoms with van der Waals surface area (Å²) in [5.74, 6) is 0. The van der Waals surface area contributed by atoms with E-state index in [-0.39, 0.29) is 6.04 Å². The molecule has 1 aromatic rings. The molecule has 4 N–H and O–H groups in total. The van der Waals surface area contributed by atoms with Crippen molar-refractivity contribution in [2.45, 2.75) is 25.3 Å². The number of hydrogen-bond donors (Lipinski definition) is 2. The Labute approximate surface area is 92.8 Å². The number of halogens is 1. The Hall–Kier alpha value is -0.380. The summed E-state index contributed by atoms with van der Waals surface area (Å²) < 4.78 is 1.22. The summed E-state index contributed by atoms with van der Waals surface area (Å²) in [4.78, 5) is 0. The molecule has 0 spiro atoms. The summed E-state index contributed by atoms with van der Waals surface area (Å²) in [6, 6.07) is 4.19. The number of nitrogens with two attached hydrogens (primary N) is 2. The lowest BCUT2D eigenvalue weighted by Gasteiger charge is -2.15. The van der Waals surface area contributed by atoms with E-state index in [0.29, 0.717) is 6.54 Å². The molecule has 1 aliphatic rings. The van der Waals surface area contributed by atoms with E-state index in [1.165, 1.54) is 34.0 Å². The first kappa shape index (κ1) is 10.1. The summed E-state index contributed by atoms with van der Waals surface area (Å²) in [5.41, 5.74) is 15.7. The van der Waals surface area contributed by atoms with Crippen molar-refractivity contribution in [1.82, 2.24) is 0 Å². The molecule has 3 heteroatoms. The van der Waals surface area contributed by atoms with E-state index < -0.39 is 0 Å². The molecule has 2 nitrogen and oxygen atoms in total. The number of hydrogen-bond acceptors (Lipinski definition) is 2. The van der Waals surface area contributed by atoms with Crippen LogP contribution in [0.3, 0.4) is 0 Å². The van der Waals surface area contributed by atoms with E-state index in [0.717, 1.165) is 6.42 Å². The van der Waals surface area contributed by atoms with Crippen LogP contribution in [0.2, 0.25) is 0 Å². The van der Waals surface area contributed by atoms with Crippen LogP contribution < -0.4 is 11.5 Å². The first-order valence-corrected chi connectivity index (χ1v) is 5.79. The van der Waals surface area contributed by atoms with Crippen molar-refractivity contribution >= 4 is 15.9 Å². The van der Waals surface area contributed by atoms with Crippen LogP contribution in [-0.4, -0.2) is 6.54 Å². The molecule has 0 bridgehead atoms. The van der Waals surface area contributed by atoms with Crippen LogP contribution in [0.15, 0.2) is 16.6 Å². The zero-order chi connectivity index (χ0) is 10.1. The average molecular weight is 255 g/mol. The van der Waals surface area contributed by atoms with Crippen LogP contribution in [0.1, 0.15) is 29.2 Å².